The van der Waals surface area contributed by atoms with Gasteiger partial charge in [0.1, 0.15) is 0 Å². The second-order valence-corrected chi connectivity index (χ2v) is 4.99. The lowest BCUT2D eigenvalue weighted by atomic mass is 9.99. The number of hydrogen-bond acceptors (Lipinski definition) is 4. The molecule has 1 saturated heterocycles. The van der Waals surface area contributed by atoms with E-state index in [2.05, 4.69) is 5.32 Å². The van der Waals surface area contributed by atoms with Gasteiger partial charge in [0.2, 0.25) is 5.91 Å². The number of hydrogen-bond donors (Lipinski definition) is 2. The summed E-state index contributed by atoms with van der Waals surface area (Å²) in [6.45, 7) is 0.378. The van der Waals surface area contributed by atoms with Gasteiger partial charge in [-0.15, -0.1) is 0 Å². The van der Waals surface area contributed by atoms with Crippen molar-refractivity contribution < 1.29 is 23.9 Å². The van der Waals surface area contributed by atoms with E-state index in [-0.39, 0.29) is 30.7 Å². The molecule has 7 heteroatoms. The maximum absolute atomic E-state index is 12.2. The predicted octanol–water partition coefficient (Wildman–Crippen LogP) is 0.865. The Balaban J connectivity index is 1.88. The van der Waals surface area contributed by atoms with Crippen LogP contribution < -0.4 is 5.32 Å². The molecule has 1 atom stereocenters. The fraction of sp³-hybridized carbons (Fsp3) is 0.500. The topological polar surface area (TPSA) is 99.9 Å². The second-order valence-electron chi connectivity index (χ2n) is 4.99. The number of nitrogens with one attached hydrogen (secondary N) is 1. The molecular weight excluding hydrogens is 276 g/mol. The van der Waals surface area contributed by atoms with Crippen molar-refractivity contribution in [3.63, 3.8) is 0 Å². The van der Waals surface area contributed by atoms with Crippen molar-refractivity contribution in [3.05, 3.63) is 24.2 Å². The average molecular weight is 294 g/mol. The summed E-state index contributed by atoms with van der Waals surface area (Å²) in [5.41, 5.74) is 0. The lowest BCUT2D eigenvalue weighted by Crippen LogP contribution is -2.48. The van der Waals surface area contributed by atoms with E-state index in [0.29, 0.717) is 13.0 Å². The molecule has 1 aromatic heterocycles. The first-order valence-electron chi connectivity index (χ1n) is 6.91. The summed E-state index contributed by atoms with van der Waals surface area (Å²) in [4.78, 5) is 36.2. The van der Waals surface area contributed by atoms with Crippen molar-refractivity contribution in [1.82, 2.24) is 10.2 Å². The highest BCUT2D eigenvalue weighted by Crippen LogP contribution is 2.19. The highest BCUT2D eigenvalue weighted by Gasteiger charge is 2.28. The van der Waals surface area contributed by atoms with Crippen LogP contribution in [-0.2, 0) is 9.59 Å². The Morgan fingerprint density at radius 2 is 2.19 bits per heavy atom. The normalized spacial score (nSPS) is 18.3. The lowest BCUT2D eigenvalue weighted by molar-refractivity contribution is -0.141. The van der Waals surface area contributed by atoms with Gasteiger partial charge in [0.05, 0.1) is 19.2 Å². The van der Waals surface area contributed by atoms with E-state index in [1.54, 1.807) is 11.0 Å². The van der Waals surface area contributed by atoms with E-state index in [4.69, 9.17) is 9.52 Å². The van der Waals surface area contributed by atoms with E-state index in [1.807, 2.05) is 0 Å². The Kier molecular flexibility index (Phi) is 4.97. The molecule has 1 fully saturated rings. The Hall–Kier alpha value is -2.31. The van der Waals surface area contributed by atoms with E-state index < -0.39 is 11.9 Å². The summed E-state index contributed by atoms with van der Waals surface area (Å²) < 4.78 is 4.93. The first-order chi connectivity index (χ1) is 10.1. The molecule has 1 unspecified atom stereocenters. The fourth-order valence-corrected chi connectivity index (χ4v) is 2.49. The van der Waals surface area contributed by atoms with Gasteiger partial charge < -0.3 is 19.7 Å². The van der Waals surface area contributed by atoms with Crippen LogP contribution in [0.5, 0.6) is 0 Å². The van der Waals surface area contributed by atoms with Crippen molar-refractivity contribution in [2.24, 2.45) is 0 Å². The van der Waals surface area contributed by atoms with Crippen LogP contribution >= 0.6 is 0 Å². The van der Waals surface area contributed by atoms with Crippen LogP contribution in [0.15, 0.2) is 22.8 Å². The van der Waals surface area contributed by atoms with E-state index >= 15 is 0 Å². The van der Waals surface area contributed by atoms with E-state index in [9.17, 15) is 14.4 Å². The zero-order valence-corrected chi connectivity index (χ0v) is 11.6. The smallest absolute Gasteiger partial charge is 0.305 e. The summed E-state index contributed by atoms with van der Waals surface area (Å²) >= 11 is 0. The first-order valence-corrected chi connectivity index (χ1v) is 6.91. The minimum Gasteiger partial charge on any atom is -0.481 e. The maximum Gasteiger partial charge on any atom is 0.305 e. The number of carboxylic acid groups (broad SMARTS) is 1. The van der Waals surface area contributed by atoms with Crippen LogP contribution in [0.2, 0.25) is 0 Å². The Labute approximate surface area is 121 Å². The molecule has 1 aromatic rings. The number of furan rings is 1. The quantitative estimate of drug-likeness (QED) is 0.839. The Bertz CT molecular complexity index is 511. The van der Waals surface area contributed by atoms with E-state index in [0.717, 1.165) is 12.8 Å². The van der Waals surface area contributed by atoms with Crippen molar-refractivity contribution >= 4 is 17.8 Å². The van der Waals surface area contributed by atoms with Gasteiger partial charge in [-0.25, -0.2) is 0 Å². The molecule has 2 amide bonds. The molecule has 0 saturated carbocycles. The number of carbonyl (C=O) groups excluding carboxylic acids is 2. The molecule has 2 heterocycles. The van der Waals surface area contributed by atoms with Crippen LogP contribution in [0, 0.1) is 0 Å². The maximum atomic E-state index is 12.2. The van der Waals surface area contributed by atoms with Crippen molar-refractivity contribution in [2.45, 2.75) is 31.7 Å². The third-order valence-electron chi connectivity index (χ3n) is 3.50. The van der Waals surface area contributed by atoms with Crippen molar-refractivity contribution in [2.75, 3.05) is 13.1 Å². The molecule has 0 aromatic carbocycles. The van der Waals surface area contributed by atoms with Crippen LogP contribution in [0.25, 0.3) is 0 Å². The molecule has 1 aliphatic rings. The van der Waals surface area contributed by atoms with Crippen molar-refractivity contribution in [1.29, 1.82) is 0 Å². The monoisotopic (exact) mass is 294 g/mol. The van der Waals surface area contributed by atoms with Gasteiger partial charge in [-0.3, -0.25) is 14.4 Å². The molecule has 0 aliphatic carbocycles. The third-order valence-corrected chi connectivity index (χ3v) is 3.50. The van der Waals surface area contributed by atoms with E-state index in [1.165, 1.54) is 12.3 Å². The largest absolute Gasteiger partial charge is 0.481 e. The summed E-state index contributed by atoms with van der Waals surface area (Å²) in [6.07, 6.45) is 3.78. The molecule has 0 radical (unpaired) electrons. The highest BCUT2D eigenvalue weighted by molar-refractivity contribution is 5.94. The van der Waals surface area contributed by atoms with Gasteiger partial charge in [-0.1, -0.05) is 0 Å². The number of piperidine rings is 1. The van der Waals surface area contributed by atoms with Crippen LogP contribution in [0.3, 0.4) is 0 Å². The van der Waals surface area contributed by atoms with Crippen molar-refractivity contribution in [3.8, 4) is 0 Å². The SMILES string of the molecule is O=C(O)CC1CCCCN1C(=O)CNC(=O)c1ccco1. The summed E-state index contributed by atoms with van der Waals surface area (Å²) in [5.74, 6) is -1.50. The number of carboxylic acids is 1. The Morgan fingerprint density at radius 3 is 2.86 bits per heavy atom. The third kappa shape index (κ3) is 4.08. The molecule has 2 rings (SSSR count). The molecule has 2 N–H and O–H groups in total. The van der Waals surface area contributed by atoms with Gasteiger partial charge in [-0.05, 0) is 31.4 Å². The number of rotatable bonds is 5. The number of amides is 2. The fourth-order valence-electron chi connectivity index (χ4n) is 2.49. The summed E-state index contributed by atoms with van der Waals surface area (Å²) in [7, 11) is 0. The first kappa shape index (κ1) is 15.1. The number of aliphatic carboxylic acids is 1. The van der Waals surface area contributed by atoms with Gasteiger partial charge in [-0.2, -0.15) is 0 Å². The van der Waals surface area contributed by atoms with Crippen LogP contribution in [-0.4, -0.2) is 46.9 Å². The van der Waals surface area contributed by atoms with Crippen LogP contribution in [0.1, 0.15) is 36.2 Å². The number of carbonyl (C=O) groups is 3. The standard InChI is InChI=1S/C14H18N2O5/c17-12(9-15-14(20)11-5-3-7-21-11)16-6-2-1-4-10(16)8-13(18)19/h3,5,7,10H,1-2,4,6,8-9H2,(H,15,20)(H,18,19). The lowest BCUT2D eigenvalue weighted by Gasteiger charge is -2.35. The molecular formula is C14H18N2O5. The molecule has 21 heavy (non-hydrogen) atoms. The molecule has 0 bridgehead atoms. The predicted molar refractivity (Wildman–Crippen MR) is 72.6 cm³/mol. The zero-order chi connectivity index (χ0) is 15.2. The summed E-state index contributed by atoms with van der Waals surface area (Å²) in [5, 5.41) is 11.4. The number of likely N-dealkylation sites (tertiary alicyclic amines) is 1. The van der Waals surface area contributed by atoms with Gasteiger partial charge in [0.25, 0.3) is 5.91 Å². The molecule has 114 valence electrons. The zero-order valence-electron chi connectivity index (χ0n) is 11.6. The number of nitrogens with zero attached hydrogens (tertiary/aromatic N) is 1. The second kappa shape index (κ2) is 6.92. The highest BCUT2D eigenvalue weighted by atomic mass is 16.4. The Morgan fingerprint density at radius 1 is 1.38 bits per heavy atom. The molecule has 1 aliphatic heterocycles. The summed E-state index contributed by atoms with van der Waals surface area (Å²) in [6, 6.07) is 2.81. The van der Waals surface area contributed by atoms with Gasteiger partial charge in [0.15, 0.2) is 5.76 Å². The van der Waals surface area contributed by atoms with Gasteiger partial charge in [0, 0.05) is 12.6 Å². The molecule has 0 spiro atoms. The molecule has 7 nitrogen and oxygen atoms in total. The average Bonchev–Trinajstić information content (AvgIpc) is 2.98. The van der Waals surface area contributed by atoms with Gasteiger partial charge >= 0.3 is 5.97 Å². The minimum atomic E-state index is -0.917. The van der Waals surface area contributed by atoms with Crippen LogP contribution in [0.4, 0.5) is 0 Å². The minimum absolute atomic E-state index is 0.0577.